The third-order valence-corrected chi connectivity index (χ3v) is 6.70. The summed E-state index contributed by atoms with van der Waals surface area (Å²) in [5.74, 6) is 0. The highest BCUT2D eigenvalue weighted by Crippen LogP contribution is 2.42. The Morgan fingerprint density at radius 2 is 1.95 bits per heavy atom. The van der Waals surface area contributed by atoms with Crippen molar-refractivity contribution in [1.82, 2.24) is 14.3 Å². The largest absolute Gasteiger partial charge is 0.378 e. The van der Waals surface area contributed by atoms with E-state index in [1.54, 1.807) is 16.4 Å². The molecule has 0 atom stereocenters. The molecule has 8 heteroatoms. The molecule has 1 aliphatic heterocycles. The first kappa shape index (κ1) is 14.0. The van der Waals surface area contributed by atoms with Crippen molar-refractivity contribution < 1.29 is 13.2 Å². The van der Waals surface area contributed by atoms with Gasteiger partial charge in [-0.3, -0.25) is 0 Å². The number of H-pyrrole nitrogens is 2. The van der Waals surface area contributed by atoms with Crippen LogP contribution in [0.3, 0.4) is 0 Å². The average Bonchev–Trinajstić information content (AvgIpc) is 2.84. The SMILES string of the molecule is O=c1[nH]c2ccc(S(=O)(=O)N3CCOCC34CCC4)cc2[nH]1. The second-order valence-electron chi connectivity index (χ2n) is 5.99. The summed E-state index contributed by atoms with van der Waals surface area (Å²) < 4.78 is 33.1. The summed E-state index contributed by atoms with van der Waals surface area (Å²) in [6.07, 6.45) is 2.71. The fraction of sp³-hybridized carbons (Fsp3) is 0.500. The number of aromatic nitrogens is 2. The number of rotatable bonds is 2. The zero-order valence-electron chi connectivity index (χ0n) is 12.0. The molecule has 118 valence electrons. The molecule has 1 spiro atoms. The maximum Gasteiger partial charge on any atom is 0.323 e. The van der Waals surface area contributed by atoms with Gasteiger partial charge in [0, 0.05) is 6.54 Å². The molecule has 1 saturated carbocycles. The number of benzene rings is 1. The van der Waals surface area contributed by atoms with E-state index in [-0.39, 0.29) is 16.1 Å². The van der Waals surface area contributed by atoms with Gasteiger partial charge in [-0.1, -0.05) is 0 Å². The van der Waals surface area contributed by atoms with Crippen LogP contribution in [-0.2, 0) is 14.8 Å². The van der Waals surface area contributed by atoms with Gasteiger partial charge in [-0.15, -0.1) is 0 Å². The van der Waals surface area contributed by atoms with Crippen molar-refractivity contribution in [2.75, 3.05) is 19.8 Å². The van der Waals surface area contributed by atoms with Crippen LogP contribution in [0.15, 0.2) is 27.9 Å². The van der Waals surface area contributed by atoms with Crippen LogP contribution in [0.5, 0.6) is 0 Å². The lowest BCUT2D eigenvalue weighted by Gasteiger charge is -2.51. The van der Waals surface area contributed by atoms with E-state index < -0.39 is 10.0 Å². The minimum atomic E-state index is -3.60. The molecule has 2 N–H and O–H groups in total. The zero-order chi connectivity index (χ0) is 15.4. The van der Waals surface area contributed by atoms with Crippen molar-refractivity contribution in [2.24, 2.45) is 0 Å². The average molecular weight is 323 g/mol. The normalized spacial score (nSPS) is 22.0. The van der Waals surface area contributed by atoms with Gasteiger partial charge >= 0.3 is 5.69 Å². The molecule has 0 bridgehead atoms. The highest BCUT2D eigenvalue weighted by Gasteiger charge is 2.50. The van der Waals surface area contributed by atoms with Crippen LogP contribution in [0.1, 0.15) is 19.3 Å². The van der Waals surface area contributed by atoms with Crippen LogP contribution in [0, 0.1) is 0 Å². The van der Waals surface area contributed by atoms with E-state index in [1.165, 1.54) is 6.07 Å². The Morgan fingerprint density at radius 1 is 1.18 bits per heavy atom. The Morgan fingerprint density at radius 3 is 2.68 bits per heavy atom. The Hall–Kier alpha value is -1.64. The molecule has 1 aromatic heterocycles. The van der Waals surface area contributed by atoms with Crippen LogP contribution < -0.4 is 5.69 Å². The third kappa shape index (κ3) is 1.94. The van der Waals surface area contributed by atoms with Crippen molar-refractivity contribution in [3.8, 4) is 0 Å². The van der Waals surface area contributed by atoms with Crippen LogP contribution in [-0.4, -0.2) is 48.0 Å². The molecule has 1 aromatic carbocycles. The van der Waals surface area contributed by atoms with E-state index in [0.29, 0.717) is 30.8 Å². The van der Waals surface area contributed by atoms with Gasteiger partial charge in [0.25, 0.3) is 0 Å². The standard InChI is InChI=1S/C14H17N3O4S/c18-13-15-11-3-2-10(8-12(11)16-13)22(19,20)17-6-7-21-9-14(17)4-1-5-14/h2-3,8H,1,4-7,9H2,(H2,15,16,18). The predicted octanol–water partition coefficient (Wildman–Crippen LogP) is 0.800. The predicted molar refractivity (Wildman–Crippen MR) is 80.2 cm³/mol. The first-order valence-corrected chi connectivity index (χ1v) is 8.78. The lowest BCUT2D eigenvalue weighted by molar-refractivity contribution is -0.0649. The molecule has 2 aliphatic rings. The van der Waals surface area contributed by atoms with Crippen molar-refractivity contribution in [3.63, 3.8) is 0 Å². The Labute approximate surface area is 127 Å². The number of hydrogen-bond acceptors (Lipinski definition) is 4. The fourth-order valence-electron chi connectivity index (χ4n) is 3.37. The van der Waals surface area contributed by atoms with Gasteiger partial charge in [-0.25, -0.2) is 13.2 Å². The molecular formula is C14H17N3O4S. The molecule has 7 nitrogen and oxygen atoms in total. The molecule has 4 rings (SSSR count). The quantitative estimate of drug-likeness (QED) is 0.854. The number of sulfonamides is 1. The lowest BCUT2D eigenvalue weighted by Crippen LogP contribution is -2.62. The van der Waals surface area contributed by atoms with E-state index in [9.17, 15) is 13.2 Å². The van der Waals surface area contributed by atoms with Gasteiger partial charge in [0.05, 0.1) is 34.7 Å². The highest BCUT2D eigenvalue weighted by molar-refractivity contribution is 7.89. The first-order chi connectivity index (χ1) is 10.5. The fourth-order valence-corrected chi connectivity index (χ4v) is 5.19. The summed E-state index contributed by atoms with van der Waals surface area (Å²) in [6.45, 7) is 1.27. The number of ether oxygens (including phenoxy) is 1. The maximum atomic E-state index is 13.0. The topological polar surface area (TPSA) is 95.3 Å². The second-order valence-corrected chi connectivity index (χ2v) is 7.86. The molecule has 2 fully saturated rings. The van der Waals surface area contributed by atoms with Gasteiger partial charge in [-0.05, 0) is 37.5 Å². The maximum absolute atomic E-state index is 13.0. The number of aromatic amines is 2. The van der Waals surface area contributed by atoms with Gasteiger partial charge in [0.15, 0.2) is 0 Å². The molecule has 2 heterocycles. The summed E-state index contributed by atoms with van der Waals surface area (Å²) in [4.78, 5) is 16.8. The van der Waals surface area contributed by atoms with E-state index >= 15 is 0 Å². The van der Waals surface area contributed by atoms with E-state index in [0.717, 1.165) is 19.3 Å². The number of imidazole rings is 1. The number of hydrogen-bond donors (Lipinski definition) is 2. The van der Waals surface area contributed by atoms with Crippen molar-refractivity contribution in [2.45, 2.75) is 29.7 Å². The Balaban J connectivity index is 1.79. The molecular weight excluding hydrogens is 306 g/mol. The van der Waals surface area contributed by atoms with Crippen molar-refractivity contribution >= 4 is 21.1 Å². The molecule has 1 aliphatic carbocycles. The van der Waals surface area contributed by atoms with Crippen LogP contribution in [0.2, 0.25) is 0 Å². The summed E-state index contributed by atoms with van der Waals surface area (Å²) in [5, 5.41) is 0. The molecule has 0 unspecified atom stereocenters. The Kier molecular flexibility index (Phi) is 2.97. The lowest BCUT2D eigenvalue weighted by atomic mass is 9.77. The monoisotopic (exact) mass is 323 g/mol. The molecule has 22 heavy (non-hydrogen) atoms. The second kappa shape index (κ2) is 4.68. The van der Waals surface area contributed by atoms with E-state index in [4.69, 9.17) is 4.74 Å². The van der Waals surface area contributed by atoms with Crippen LogP contribution in [0.4, 0.5) is 0 Å². The van der Waals surface area contributed by atoms with Gasteiger partial charge in [0.2, 0.25) is 10.0 Å². The van der Waals surface area contributed by atoms with Gasteiger partial charge in [-0.2, -0.15) is 4.31 Å². The minimum Gasteiger partial charge on any atom is -0.378 e. The molecule has 0 amide bonds. The third-order valence-electron chi connectivity index (χ3n) is 4.70. The zero-order valence-corrected chi connectivity index (χ0v) is 12.8. The highest BCUT2D eigenvalue weighted by atomic mass is 32.2. The smallest absolute Gasteiger partial charge is 0.323 e. The van der Waals surface area contributed by atoms with Crippen molar-refractivity contribution in [1.29, 1.82) is 0 Å². The van der Waals surface area contributed by atoms with Crippen LogP contribution in [0.25, 0.3) is 11.0 Å². The Bertz CT molecular complexity index is 879. The minimum absolute atomic E-state index is 0.212. The number of nitrogens with one attached hydrogen (secondary N) is 2. The van der Waals surface area contributed by atoms with Crippen molar-refractivity contribution in [3.05, 3.63) is 28.7 Å². The number of fused-ring (bicyclic) bond motifs is 1. The molecule has 2 aromatic rings. The molecule has 1 saturated heterocycles. The number of nitrogens with zero attached hydrogens (tertiary/aromatic N) is 1. The van der Waals surface area contributed by atoms with Gasteiger partial charge in [0.1, 0.15) is 0 Å². The van der Waals surface area contributed by atoms with Crippen LogP contribution >= 0.6 is 0 Å². The summed E-state index contributed by atoms with van der Waals surface area (Å²) in [7, 11) is -3.60. The van der Waals surface area contributed by atoms with E-state index in [2.05, 4.69) is 9.97 Å². The summed E-state index contributed by atoms with van der Waals surface area (Å²) in [6, 6.07) is 4.68. The first-order valence-electron chi connectivity index (χ1n) is 7.34. The number of morpholine rings is 1. The van der Waals surface area contributed by atoms with Gasteiger partial charge < -0.3 is 14.7 Å². The summed E-state index contributed by atoms with van der Waals surface area (Å²) in [5.41, 5.74) is 0.384. The summed E-state index contributed by atoms with van der Waals surface area (Å²) >= 11 is 0. The molecule has 0 radical (unpaired) electrons. The van der Waals surface area contributed by atoms with E-state index in [1.807, 2.05) is 0 Å².